The van der Waals surface area contributed by atoms with Crippen LogP contribution in [0.1, 0.15) is 5.56 Å². The van der Waals surface area contributed by atoms with Crippen LogP contribution in [0.4, 0.5) is 0 Å². The molecule has 2 radical (unpaired) electrons. The van der Waals surface area contributed by atoms with Gasteiger partial charge in [-0.25, -0.2) is 0 Å². The highest BCUT2D eigenvalue weighted by atomic mass is 28.2. The molecule has 0 spiro atoms. The summed E-state index contributed by atoms with van der Waals surface area (Å²) in [6.45, 7) is 3.16. The largest absolute Gasteiger partial charge is 0.373 e. The zero-order valence-corrected chi connectivity index (χ0v) is 8.21. The fourth-order valence-electron chi connectivity index (χ4n) is 1.26. The topological polar surface area (TPSA) is 12.5 Å². The molecule has 12 heavy (non-hydrogen) atoms. The van der Waals surface area contributed by atoms with E-state index in [9.17, 15) is 0 Å². The molecule has 1 aromatic carbocycles. The molecule has 0 aromatic heterocycles. The summed E-state index contributed by atoms with van der Waals surface area (Å²) in [5.41, 5.74) is 1.40. The molecule has 0 N–H and O–H groups in total. The van der Waals surface area contributed by atoms with Crippen molar-refractivity contribution in [1.29, 1.82) is 0 Å². The number of hydrogen-bond donors (Lipinski definition) is 0. The van der Waals surface area contributed by atoms with Crippen LogP contribution in [0.2, 0.25) is 6.55 Å². The van der Waals surface area contributed by atoms with Crippen LogP contribution < -0.4 is 5.19 Å². The highest BCUT2D eigenvalue weighted by molar-refractivity contribution is 6.51. The van der Waals surface area contributed by atoms with Crippen LogP contribution in [0.3, 0.4) is 0 Å². The molecular weight excluding hydrogens is 164 g/mol. The van der Waals surface area contributed by atoms with Gasteiger partial charge in [-0.05, 0) is 5.56 Å². The van der Waals surface area contributed by atoms with Crippen LogP contribution in [0.5, 0.6) is 0 Å². The minimum absolute atomic E-state index is 0.514. The Labute approximate surface area is 75.6 Å². The van der Waals surface area contributed by atoms with Gasteiger partial charge in [0, 0.05) is 6.42 Å². The molecule has 1 atom stereocenters. The summed E-state index contributed by atoms with van der Waals surface area (Å²) in [5, 5.41) is 1.44. The Morgan fingerprint density at radius 3 is 2.58 bits per heavy atom. The van der Waals surface area contributed by atoms with Crippen molar-refractivity contribution in [3.63, 3.8) is 0 Å². The van der Waals surface area contributed by atoms with E-state index >= 15 is 0 Å². The maximum Gasteiger partial charge on any atom is 0.0850 e. The molecule has 1 fully saturated rings. The van der Waals surface area contributed by atoms with Crippen LogP contribution in [0.15, 0.2) is 24.3 Å². The van der Waals surface area contributed by atoms with E-state index in [0.29, 0.717) is 6.10 Å². The highest BCUT2D eigenvalue weighted by Crippen LogP contribution is 2.14. The number of hydrogen-bond acceptors (Lipinski definition) is 1. The van der Waals surface area contributed by atoms with E-state index in [4.69, 9.17) is 4.74 Å². The molecule has 1 saturated heterocycles. The first-order chi connectivity index (χ1) is 5.88. The van der Waals surface area contributed by atoms with Gasteiger partial charge >= 0.3 is 0 Å². The van der Waals surface area contributed by atoms with E-state index in [1.165, 1.54) is 10.8 Å². The van der Waals surface area contributed by atoms with Crippen molar-refractivity contribution in [1.82, 2.24) is 0 Å². The zero-order chi connectivity index (χ0) is 8.39. The van der Waals surface area contributed by atoms with Crippen LogP contribution in [-0.2, 0) is 11.2 Å². The summed E-state index contributed by atoms with van der Waals surface area (Å²) >= 11 is 0. The maximum absolute atomic E-state index is 5.17. The molecule has 0 bridgehead atoms. The summed E-state index contributed by atoms with van der Waals surface area (Å²) in [4.78, 5) is 0. The van der Waals surface area contributed by atoms with Crippen LogP contribution >= 0.6 is 0 Å². The Bertz CT molecular complexity index is 251. The van der Waals surface area contributed by atoms with E-state index in [2.05, 4.69) is 30.8 Å². The number of benzene rings is 1. The smallest absolute Gasteiger partial charge is 0.0850 e. The normalized spacial score (nSPS) is 20.9. The Morgan fingerprint density at radius 1 is 1.42 bits per heavy atom. The lowest BCUT2D eigenvalue weighted by Gasteiger charge is -1.99. The summed E-state index contributed by atoms with van der Waals surface area (Å²) in [6, 6.07) is 8.87. The van der Waals surface area contributed by atoms with Gasteiger partial charge in [-0.3, -0.25) is 0 Å². The van der Waals surface area contributed by atoms with E-state index < -0.39 is 0 Å². The minimum Gasteiger partial charge on any atom is -0.373 e. The number of ether oxygens (including phenoxy) is 1. The van der Waals surface area contributed by atoms with Gasteiger partial charge in [0.1, 0.15) is 0 Å². The Kier molecular flexibility index (Phi) is 2.28. The molecular formula is C10H12OSi. The standard InChI is InChI=1S/C10H12OSi/c1-12-10-4-2-8(3-5-10)6-9-7-11-9/h2-5,9H,6-7H2,1H3. The molecule has 2 heteroatoms. The first-order valence-corrected chi connectivity index (χ1v) is 5.77. The van der Waals surface area contributed by atoms with Gasteiger partial charge in [0.05, 0.1) is 22.2 Å². The predicted octanol–water partition coefficient (Wildman–Crippen LogP) is 1.01. The monoisotopic (exact) mass is 176 g/mol. The quantitative estimate of drug-likeness (QED) is 0.494. The van der Waals surface area contributed by atoms with Gasteiger partial charge in [-0.1, -0.05) is 36.0 Å². The lowest BCUT2D eigenvalue weighted by atomic mass is 10.1. The fraction of sp³-hybridized carbons (Fsp3) is 0.400. The molecule has 0 saturated carbocycles. The molecule has 2 rings (SSSR count). The highest BCUT2D eigenvalue weighted by Gasteiger charge is 2.22. The average Bonchev–Trinajstić information content (AvgIpc) is 2.90. The van der Waals surface area contributed by atoms with Crippen LogP contribution in [0, 0.1) is 0 Å². The van der Waals surface area contributed by atoms with Gasteiger partial charge in [0.15, 0.2) is 0 Å². The second-order valence-electron chi connectivity index (χ2n) is 3.11. The molecule has 1 unspecified atom stereocenters. The van der Waals surface area contributed by atoms with Gasteiger partial charge < -0.3 is 4.74 Å². The lowest BCUT2D eigenvalue weighted by molar-refractivity contribution is 0.407. The Morgan fingerprint density at radius 2 is 2.08 bits per heavy atom. The summed E-state index contributed by atoms with van der Waals surface area (Å²) in [7, 11) is 0.907. The molecule has 1 heterocycles. The SMILES string of the molecule is C[Si]c1ccc(CC2CO2)cc1. The van der Waals surface area contributed by atoms with Gasteiger partial charge in [-0.2, -0.15) is 0 Å². The first kappa shape index (κ1) is 8.02. The Hall–Kier alpha value is -0.603. The first-order valence-electron chi connectivity index (χ1n) is 4.27. The van der Waals surface area contributed by atoms with Crippen molar-refractivity contribution in [2.45, 2.75) is 19.1 Å². The van der Waals surface area contributed by atoms with Crippen molar-refractivity contribution in [3.8, 4) is 0 Å². The second-order valence-corrected chi connectivity index (χ2v) is 4.18. The van der Waals surface area contributed by atoms with Crippen molar-refractivity contribution in [3.05, 3.63) is 29.8 Å². The van der Waals surface area contributed by atoms with Crippen molar-refractivity contribution < 1.29 is 4.74 Å². The third kappa shape index (κ3) is 1.96. The molecule has 62 valence electrons. The third-order valence-corrected chi connectivity index (χ3v) is 3.02. The summed E-state index contributed by atoms with van der Waals surface area (Å²) in [6.07, 6.45) is 1.60. The molecule has 1 nitrogen and oxygen atoms in total. The Balaban J connectivity index is 2.02. The lowest BCUT2D eigenvalue weighted by Crippen LogP contribution is -2.09. The van der Waals surface area contributed by atoms with Gasteiger partial charge in [-0.15, -0.1) is 0 Å². The van der Waals surface area contributed by atoms with E-state index in [1.54, 1.807) is 0 Å². The second kappa shape index (κ2) is 3.41. The minimum atomic E-state index is 0.514. The maximum atomic E-state index is 5.17. The van der Waals surface area contributed by atoms with E-state index in [-0.39, 0.29) is 0 Å². The van der Waals surface area contributed by atoms with Gasteiger partial charge in [0.25, 0.3) is 0 Å². The van der Waals surface area contributed by atoms with Crippen LogP contribution in [0.25, 0.3) is 0 Å². The zero-order valence-electron chi connectivity index (χ0n) is 7.21. The summed E-state index contributed by atoms with van der Waals surface area (Å²) in [5.74, 6) is 0. The van der Waals surface area contributed by atoms with Crippen molar-refractivity contribution >= 4 is 14.7 Å². The molecule has 1 aliphatic rings. The summed E-state index contributed by atoms with van der Waals surface area (Å²) < 4.78 is 5.17. The fourth-order valence-corrected chi connectivity index (χ4v) is 1.76. The number of epoxide rings is 1. The van der Waals surface area contributed by atoms with Gasteiger partial charge in [0.2, 0.25) is 0 Å². The molecule has 1 aliphatic heterocycles. The molecule has 0 amide bonds. The predicted molar refractivity (Wildman–Crippen MR) is 51.1 cm³/mol. The van der Waals surface area contributed by atoms with E-state index in [0.717, 1.165) is 22.5 Å². The third-order valence-electron chi connectivity index (χ3n) is 2.11. The van der Waals surface area contributed by atoms with Crippen LogP contribution in [-0.4, -0.2) is 22.2 Å². The average molecular weight is 176 g/mol. The van der Waals surface area contributed by atoms with E-state index in [1.807, 2.05) is 0 Å². The van der Waals surface area contributed by atoms with Crippen molar-refractivity contribution in [2.24, 2.45) is 0 Å². The molecule has 0 aliphatic carbocycles. The molecule has 1 aromatic rings. The number of rotatable bonds is 3. The van der Waals surface area contributed by atoms with Crippen molar-refractivity contribution in [2.75, 3.05) is 6.61 Å².